The topological polar surface area (TPSA) is 29.1 Å². The molecule has 0 radical (unpaired) electrons. The van der Waals surface area contributed by atoms with Gasteiger partial charge in [0.15, 0.2) is 0 Å². The number of benzene rings is 2. The third kappa shape index (κ3) is 4.46. The van der Waals surface area contributed by atoms with Crippen molar-refractivity contribution < 1.29 is 13.6 Å². The number of carbonyl (C=O) groups excluding carboxylic acids is 1. The normalized spacial score (nSPS) is 10.3. The number of carbonyl (C=O) groups is 1. The number of hydrogen-bond acceptors (Lipinski definition) is 1. The summed E-state index contributed by atoms with van der Waals surface area (Å²) in [6.07, 6.45) is 1.80. The van der Waals surface area contributed by atoms with Crippen molar-refractivity contribution in [2.24, 2.45) is 0 Å². The molecule has 0 bridgehead atoms. The smallest absolute Gasteiger partial charge is 0.224 e. The molecule has 0 fully saturated rings. The van der Waals surface area contributed by atoms with Crippen LogP contribution in [0.1, 0.15) is 18.4 Å². The predicted molar refractivity (Wildman–Crippen MR) is 74.4 cm³/mol. The van der Waals surface area contributed by atoms with E-state index in [2.05, 4.69) is 5.32 Å². The lowest BCUT2D eigenvalue weighted by Crippen LogP contribution is -2.11. The Morgan fingerprint density at radius 2 is 1.65 bits per heavy atom. The molecule has 0 aliphatic rings. The molecule has 2 nitrogen and oxygen atoms in total. The van der Waals surface area contributed by atoms with Crippen LogP contribution in [0.5, 0.6) is 0 Å². The van der Waals surface area contributed by atoms with Crippen LogP contribution in [0.3, 0.4) is 0 Å². The molecule has 0 saturated carbocycles. The fourth-order valence-corrected chi connectivity index (χ4v) is 1.95. The highest BCUT2D eigenvalue weighted by Crippen LogP contribution is 2.13. The Kier molecular flexibility index (Phi) is 4.82. The number of nitrogens with one attached hydrogen (secondary N) is 1. The summed E-state index contributed by atoms with van der Waals surface area (Å²) in [6, 6.07) is 12.8. The molecule has 0 saturated heterocycles. The van der Waals surface area contributed by atoms with Crippen LogP contribution in [0.25, 0.3) is 0 Å². The van der Waals surface area contributed by atoms with Crippen LogP contribution in [-0.4, -0.2) is 5.91 Å². The highest BCUT2D eigenvalue weighted by Gasteiger charge is 2.05. The first-order valence-electron chi connectivity index (χ1n) is 6.43. The zero-order valence-electron chi connectivity index (χ0n) is 10.9. The molecule has 0 unspecified atom stereocenters. The highest BCUT2D eigenvalue weighted by molar-refractivity contribution is 5.90. The molecule has 20 heavy (non-hydrogen) atoms. The summed E-state index contributed by atoms with van der Waals surface area (Å²) >= 11 is 0. The second-order valence-electron chi connectivity index (χ2n) is 4.55. The van der Waals surface area contributed by atoms with Crippen molar-refractivity contribution in [1.82, 2.24) is 0 Å². The lowest BCUT2D eigenvalue weighted by atomic mass is 10.1. The van der Waals surface area contributed by atoms with Crippen LogP contribution in [0.4, 0.5) is 14.5 Å². The van der Waals surface area contributed by atoms with Gasteiger partial charge < -0.3 is 5.32 Å². The fourth-order valence-electron chi connectivity index (χ4n) is 1.95. The molecule has 0 atom stereocenters. The van der Waals surface area contributed by atoms with Gasteiger partial charge in [0.25, 0.3) is 0 Å². The van der Waals surface area contributed by atoms with Gasteiger partial charge in [-0.3, -0.25) is 4.79 Å². The largest absolute Gasteiger partial charge is 0.326 e. The quantitative estimate of drug-likeness (QED) is 0.880. The molecule has 4 heteroatoms. The summed E-state index contributed by atoms with van der Waals surface area (Å²) in [4.78, 5) is 11.7. The standard InChI is InChI=1S/C16H15F2NO/c17-13-9-14(18)11-15(10-13)19-16(20)8-4-7-12-5-2-1-3-6-12/h1-3,5-6,9-11H,4,7-8H2,(H,19,20). The first-order chi connectivity index (χ1) is 9.63. The van der Waals surface area contributed by atoms with E-state index < -0.39 is 11.6 Å². The summed E-state index contributed by atoms with van der Waals surface area (Å²) in [6.45, 7) is 0. The van der Waals surface area contributed by atoms with Crippen molar-refractivity contribution in [3.05, 3.63) is 65.7 Å². The van der Waals surface area contributed by atoms with Gasteiger partial charge in [0.2, 0.25) is 5.91 Å². The minimum absolute atomic E-state index is 0.146. The van der Waals surface area contributed by atoms with E-state index in [1.54, 1.807) is 0 Å². The maximum Gasteiger partial charge on any atom is 0.224 e. The van der Waals surface area contributed by atoms with Gasteiger partial charge in [-0.1, -0.05) is 30.3 Å². The van der Waals surface area contributed by atoms with E-state index >= 15 is 0 Å². The van der Waals surface area contributed by atoms with E-state index in [1.165, 1.54) is 0 Å². The number of amides is 1. The van der Waals surface area contributed by atoms with Crippen LogP contribution in [0, 0.1) is 11.6 Å². The molecular weight excluding hydrogens is 260 g/mol. The van der Waals surface area contributed by atoms with Gasteiger partial charge in [-0.25, -0.2) is 8.78 Å². The molecule has 2 aromatic rings. The van der Waals surface area contributed by atoms with Crippen molar-refractivity contribution in [2.75, 3.05) is 5.32 Å². The Morgan fingerprint density at radius 1 is 1.00 bits per heavy atom. The van der Waals surface area contributed by atoms with E-state index in [9.17, 15) is 13.6 Å². The molecule has 2 aromatic carbocycles. The number of aryl methyl sites for hydroxylation is 1. The Morgan fingerprint density at radius 3 is 2.30 bits per heavy atom. The summed E-state index contributed by atoms with van der Waals surface area (Å²) < 4.78 is 25.9. The molecule has 0 aliphatic carbocycles. The molecule has 0 heterocycles. The molecular formula is C16H15F2NO. The second kappa shape index (κ2) is 6.80. The summed E-state index contributed by atoms with van der Waals surface area (Å²) in [5.41, 5.74) is 1.31. The van der Waals surface area contributed by atoms with Gasteiger partial charge in [-0.15, -0.1) is 0 Å². The van der Waals surface area contributed by atoms with Crippen LogP contribution < -0.4 is 5.32 Å². The van der Waals surface area contributed by atoms with E-state index in [0.717, 1.165) is 30.2 Å². The molecule has 104 valence electrons. The Bertz CT molecular complexity index is 564. The SMILES string of the molecule is O=C(CCCc1ccccc1)Nc1cc(F)cc(F)c1. The molecule has 2 rings (SSSR count). The van der Waals surface area contributed by atoms with Crippen LogP contribution in [0.15, 0.2) is 48.5 Å². The monoisotopic (exact) mass is 275 g/mol. The molecule has 0 spiro atoms. The number of hydrogen-bond donors (Lipinski definition) is 1. The predicted octanol–water partition coefficient (Wildman–Crippen LogP) is 3.93. The maximum absolute atomic E-state index is 13.0. The van der Waals surface area contributed by atoms with Crippen LogP contribution in [-0.2, 0) is 11.2 Å². The third-order valence-corrected chi connectivity index (χ3v) is 2.86. The highest BCUT2D eigenvalue weighted by atomic mass is 19.1. The maximum atomic E-state index is 13.0. The summed E-state index contributed by atoms with van der Waals surface area (Å²) in [7, 11) is 0. The van der Waals surface area contributed by atoms with Gasteiger partial charge in [-0.2, -0.15) is 0 Å². The van der Waals surface area contributed by atoms with Gasteiger partial charge in [0, 0.05) is 18.2 Å². The first kappa shape index (κ1) is 14.2. The van der Waals surface area contributed by atoms with Crippen molar-refractivity contribution in [1.29, 1.82) is 0 Å². The zero-order valence-corrected chi connectivity index (χ0v) is 10.9. The molecule has 1 amide bonds. The number of rotatable bonds is 5. The van der Waals surface area contributed by atoms with Gasteiger partial charge in [0.1, 0.15) is 11.6 Å². The molecule has 0 aliphatic heterocycles. The van der Waals surface area contributed by atoms with Gasteiger partial charge in [-0.05, 0) is 30.5 Å². The molecule has 0 aromatic heterocycles. The number of anilines is 1. The first-order valence-corrected chi connectivity index (χ1v) is 6.43. The number of halogens is 2. The van der Waals surface area contributed by atoms with Crippen molar-refractivity contribution in [3.8, 4) is 0 Å². The Labute approximate surface area is 116 Å². The third-order valence-electron chi connectivity index (χ3n) is 2.86. The average molecular weight is 275 g/mol. The van der Waals surface area contributed by atoms with Crippen LogP contribution in [0.2, 0.25) is 0 Å². The summed E-state index contributed by atoms with van der Waals surface area (Å²) in [5.74, 6) is -1.65. The van der Waals surface area contributed by atoms with Crippen LogP contribution >= 0.6 is 0 Å². The Balaban J connectivity index is 1.81. The van der Waals surface area contributed by atoms with Gasteiger partial charge in [0.05, 0.1) is 0 Å². The average Bonchev–Trinajstić information content (AvgIpc) is 2.38. The zero-order chi connectivity index (χ0) is 14.4. The van der Waals surface area contributed by atoms with Crippen molar-refractivity contribution in [3.63, 3.8) is 0 Å². The minimum Gasteiger partial charge on any atom is -0.326 e. The van der Waals surface area contributed by atoms with E-state index in [4.69, 9.17) is 0 Å². The second-order valence-corrected chi connectivity index (χ2v) is 4.55. The van der Waals surface area contributed by atoms with E-state index in [0.29, 0.717) is 12.8 Å². The van der Waals surface area contributed by atoms with E-state index in [1.807, 2.05) is 30.3 Å². The minimum atomic E-state index is -0.704. The lowest BCUT2D eigenvalue weighted by molar-refractivity contribution is -0.116. The fraction of sp³-hybridized carbons (Fsp3) is 0.188. The van der Waals surface area contributed by atoms with E-state index in [-0.39, 0.29) is 11.6 Å². The van der Waals surface area contributed by atoms with Gasteiger partial charge >= 0.3 is 0 Å². The summed E-state index contributed by atoms with van der Waals surface area (Å²) in [5, 5.41) is 2.49. The van der Waals surface area contributed by atoms with Crippen molar-refractivity contribution >= 4 is 11.6 Å². The Hall–Kier alpha value is -2.23. The van der Waals surface area contributed by atoms with Crippen molar-refractivity contribution in [2.45, 2.75) is 19.3 Å². The lowest BCUT2D eigenvalue weighted by Gasteiger charge is -2.06. The molecule has 1 N–H and O–H groups in total.